The van der Waals surface area contributed by atoms with Crippen molar-refractivity contribution in [3.63, 3.8) is 0 Å². The number of amides is 1. The molecule has 0 aromatic heterocycles. The van der Waals surface area contributed by atoms with Crippen molar-refractivity contribution in [2.45, 2.75) is 73.1 Å². The molecule has 0 spiro atoms. The van der Waals surface area contributed by atoms with Crippen molar-refractivity contribution in [1.82, 2.24) is 0 Å². The molecule has 1 aromatic carbocycles. The molecule has 0 radical (unpaired) electrons. The van der Waals surface area contributed by atoms with Crippen LogP contribution in [0, 0.1) is 23.2 Å². The molecular weight excluding hydrogens is 296 g/mol. The molecule has 2 atom stereocenters. The highest BCUT2D eigenvalue weighted by Crippen LogP contribution is 2.29. The maximum Gasteiger partial charge on any atom is 0.227 e. The van der Waals surface area contributed by atoms with Gasteiger partial charge >= 0.3 is 0 Å². The predicted octanol–water partition coefficient (Wildman–Crippen LogP) is 5.96. The van der Waals surface area contributed by atoms with E-state index in [1.165, 1.54) is 12.8 Å². The maximum atomic E-state index is 12.2. The molecule has 1 amide bonds. The number of benzene rings is 1. The van der Waals surface area contributed by atoms with Crippen molar-refractivity contribution in [3.8, 4) is 6.07 Å². The Balaban J connectivity index is 0.000000952. The summed E-state index contributed by atoms with van der Waals surface area (Å²) in [5.74, 6) is 0.949. The second-order valence-electron chi connectivity index (χ2n) is 6.20. The van der Waals surface area contributed by atoms with E-state index in [9.17, 15) is 4.79 Å². The van der Waals surface area contributed by atoms with E-state index in [4.69, 9.17) is 5.26 Å². The monoisotopic (exact) mass is 330 g/mol. The van der Waals surface area contributed by atoms with E-state index in [1.807, 2.05) is 38.1 Å². The van der Waals surface area contributed by atoms with Gasteiger partial charge in [0.2, 0.25) is 5.91 Å². The van der Waals surface area contributed by atoms with E-state index in [0.29, 0.717) is 12.3 Å². The van der Waals surface area contributed by atoms with Crippen LogP contribution in [0.3, 0.4) is 0 Å². The average molecular weight is 331 g/mol. The molecule has 1 aromatic rings. The van der Waals surface area contributed by atoms with E-state index >= 15 is 0 Å². The Hall–Kier alpha value is -1.82. The van der Waals surface area contributed by atoms with Crippen LogP contribution in [0.2, 0.25) is 0 Å². The van der Waals surface area contributed by atoms with Gasteiger partial charge < -0.3 is 5.32 Å². The van der Waals surface area contributed by atoms with Crippen LogP contribution in [0.1, 0.15) is 72.3 Å². The van der Waals surface area contributed by atoms with Crippen molar-refractivity contribution in [2.75, 3.05) is 5.32 Å². The molecule has 2 unspecified atom stereocenters. The molecule has 1 N–H and O–H groups in total. The van der Waals surface area contributed by atoms with E-state index < -0.39 is 0 Å². The zero-order valence-electron chi connectivity index (χ0n) is 16.1. The third kappa shape index (κ3) is 8.72. The van der Waals surface area contributed by atoms with Gasteiger partial charge in [-0.05, 0) is 36.5 Å². The number of nitrogens with zero attached hydrogens (tertiary/aromatic N) is 1. The molecule has 134 valence electrons. The van der Waals surface area contributed by atoms with Crippen molar-refractivity contribution < 1.29 is 4.79 Å². The van der Waals surface area contributed by atoms with Crippen LogP contribution < -0.4 is 5.32 Å². The highest BCUT2D eigenvalue weighted by molar-refractivity contribution is 5.92. The SMILES string of the molecule is CC.CC1CCCC(C(=O)Nc2ccc(CC#N)cc2)C1.CCC. The summed E-state index contributed by atoms with van der Waals surface area (Å²) in [7, 11) is 0. The van der Waals surface area contributed by atoms with Crippen LogP contribution in [-0.4, -0.2) is 5.91 Å². The maximum absolute atomic E-state index is 12.2. The van der Waals surface area contributed by atoms with Gasteiger partial charge in [0.1, 0.15) is 0 Å². The Morgan fingerprint density at radius 1 is 1.21 bits per heavy atom. The van der Waals surface area contributed by atoms with Crippen LogP contribution in [0.5, 0.6) is 0 Å². The van der Waals surface area contributed by atoms with Crippen molar-refractivity contribution in [1.29, 1.82) is 5.26 Å². The number of anilines is 1. The molecule has 24 heavy (non-hydrogen) atoms. The van der Waals surface area contributed by atoms with Crippen LogP contribution in [0.25, 0.3) is 0 Å². The Bertz CT molecular complexity index is 488. The number of nitrogens with one attached hydrogen (secondary N) is 1. The van der Waals surface area contributed by atoms with Gasteiger partial charge in [-0.3, -0.25) is 4.79 Å². The highest BCUT2D eigenvalue weighted by atomic mass is 16.1. The van der Waals surface area contributed by atoms with E-state index in [-0.39, 0.29) is 11.8 Å². The minimum atomic E-state index is 0.139. The lowest BCUT2D eigenvalue weighted by Crippen LogP contribution is -2.27. The quantitative estimate of drug-likeness (QED) is 0.743. The van der Waals surface area contributed by atoms with Crippen molar-refractivity contribution in [3.05, 3.63) is 29.8 Å². The molecule has 0 bridgehead atoms. The lowest BCUT2D eigenvalue weighted by atomic mass is 9.82. The Morgan fingerprint density at radius 3 is 2.29 bits per heavy atom. The number of rotatable bonds is 3. The number of carbonyl (C=O) groups excluding carboxylic acids is 1. The zero-order chi connectivity index (χ0) is 18.4. The summed E-state index contributed by atoms with van der Waals surface area (Å²) in [6.07, 6.45) is 6.06. The number of carbonyl (C=O) groups is 1. The second-order valence-corrected chi connectivity index (χ2v) is 6.20. The van der Waals surface area contributed by atoms with Gasteiger partial charge in [0, 0.05) is 11.6 Å². The smallest absolute Gasteiger partial charge is 0.227 e. The fourth-order valence-corrected chi connectivity index (χ4v) is 2.71. The molecule has 1 fully saturated rings. The van der Waals surface area contributed by atoms with Gasteiger partial charge in [-0.1, -0.05) is 66.0 Å². The average Bonchev–Trinajstić information content (AvgIpc) is 2.59. The molecule has 1 saturated carbocycles. The molecule has 3 heteroatoms. The molecule has 3 nitrogen and oxygen atoms in total. The summed E-state index contributed by atoms with van der Waals surface area (Å²) < 4.78 is 0. The van der Waals surface area contributed by atoms with Gasteiger partial charge in [0.25, 0.3) is 0 Å². The number of hydrogen-bond acceptors (Lipinski definition) is 2. The van der Waals surface area contributed by atoms with E-state index in [2.05, 4.69) is 32.2 Å². The molecule has 0 saturated heterocycles. The van der Waals surface area contributed by atoms with Gasteiger partial charge in [-0.2, -0.15) is 5.26 Å². The first-order valence-corrected chi connectivity index (χ1v) is 9.37. The number of nitriles is 1. The molecular formula is C21H34N2O. The van der Waals surface area contributed by atoms with Crippen LogP contribution in [-0.2, 0) is 11.2 Å². The van der Waals surface area contributed by atoms with Gasteiger partial charge in [0.05, 0.1) is 12.5 Å². The molecule has 0 heterocycles. The Labute approximate surface area is 148 Å². The molecule has 1 aliphatic rings. The normalized spacial score (nSPS) is 18.8. The largest absolute Gasteiger partial charge is 0.326 e. The minimum Gasteiger partial charge on any atom is -0.326 e. The Morgan fingerprint density at radius 2 is 1.79 bits per heavy atom. The first kappa shape index (κ1) is 22.2. The van der Waals surface area contributed by atoms with Crippen LogP contribution >= 0.6 is 0 Å². The summed E-state index contributed by atoms with van der Waals surface area (Å²) >= 11 is 0. The fourth-order valence-electron chi connectivity index (χ4n) is 2.71. The standard InChI is InChI=1S/C16H20N2O.C3H8.C2H6/c1-12-3-2-4-14(11-12)16(19)18-15-7-5-13(6-8-15)9-10-17;1-3-2;1-2/h5-8,12,14H,2-4,9,11H2,1H3,(H,18,19);3H2,1-2H3;1-2H3. The minimum absolute atomic E-state index is 0.139. The van der Waals surface area contributed by atoms with E-state index in [0.717, 1.165) is 30.5 Å². The van der Waals surface area contributed by atoms with Gasteiger partial charge in [-0.15, -0.1) is 0 Å². The summed E-state index contributed by atoms with van der Waals surface area (Å²) in [5, 5.41) is 11.6. The van der Waals surface area contributed by atoms with Crippen LogP contribution in [0.4, 0.5) is 5.69 Å². The topological polar surface area (TPSA) is 52.9 Å². The van der Waals surface area contributed by atoms with E-state index in [1.54, 1.807) is 0 Å². The number of hydrogen-bond donors (Lipinski definition) is 1. The summed E-state index contributed by atoms with van der Waals surface area (Å²) in [6.45, 7) is 10.5. The summed E-state index contributed by atoms with van der Waals surface area (Å²) in [5.41, 5.74) is 1.80. The lowest BCUT2D eigenvalue weighted by Gasteiger charge is -2.25. The lowest BCUT2D eigenvalue weighted by molar-refractivity contribution is -0.121. The Kier molecular flexibility index (Phi) is 12.6. The first-order valence-electron chi connectivity index (χ1n) is 9.37. The zero-order valence-corrected chi connectivity index (χ0v) is 16.1. The van der Waals surface area contributed by atoms with Crippen LogP contribution in [0.15, 0.2) is 24.3 Å². The van der Waals surface area contributed by atoms with Crippen molar-refractivity contribution in [2.24, 2.45) is 11.8 Å². The van der Waals surface area contributed by atoms with Gasteiger partial charge in [0.15, 0.2) is 0 Å². The van der Waals surface area contributed by atoms with Crippen molar-refractivity contribution >= 4 is 11.6 Å². The first-order chi connectivity index (χ1) is 11.6. The third-order valence-electron chi connectivity index (χ3n) is 3.81. The summed E-state index contributed by atoms with van der Waals surface area (Å²) in [6, 6.07) is 9.64. The third-order valence-corrected chi connectivity index (χ3v) is 3.81. The second kappa shape index (κ2) is 13.6. The predicted molar refractivity (Wildman–Crippen MR) is 103 cm³/mol. The molecule has 0 aliphatic heterocycles. The summed E-state index contributed by atoms with van der Waals surface area (Å²) in [4.78, 5) is 12.2. The highest BCUT2D eigenvalue weighted by Gasteiger charge is 2.24. The molecule has 2 rings (SSSR count). The fraction of sp³-hybridized carbons (Fsp3) is 0.619. The van der Waals surface area contributed by atoms with Gasteiger partial charge in [-0.25, -0.2) is 0 Å². The molecule has 1 aliphatic carbocycles.